The van der Waals surface area contributed by atoms with Gasteiger partial charge < -0.3 is 9.64 Å². The number of amides is 1. The molecule has 1 amide bonds. The van der Waals surface area contributed by atoms with Gasteiger partial charge in [-0.3, -0.25) is 4.79 Å². The molecule has 4 nitrogen and oxygen atoms in total. The van der Waals surface area contributed by atoms with Gasteiger partial charge in [-0.15, -0.1) is 0 Å². The molecule has 0 aliphatic heterocycles. The van der Waals surface area contributed by atoms with Gasteiger partial charge in [-0.25, -0.2) is 0 Å². The maximum Gasteiger partial charge on any atom is 0.226 e. The number of hydrogen-bond donors (Lipinski definition) is 0. The van der Waals surface area contributed by atoms with E-state index in [1.807, 2.05) is 0 Å². The molecule has 0 radical (unpaired) electrons. The standard InChI is InChI=1S/C12H20N2O2/c1-12(2)9-10(12)11(15)14(6-4-5-13)7-8-16-3/h10H,4,6-9H2,1-3H3. The molecule has 0 aromatic carbocycles. The number of carbonyl (C=O) groups is 1. The summed E-state index contributed by atoms with van der Waals surface area (Å²) in [5.41, 5.74) is 0.148. The van der Waals surface area contributed by atoms with E-state index in [2.05, 4.69) is 19.9 Å². The van der Waals surface area contributed by atoms with Crippen LogP contribution in [0.4, 0.5) is 0 Å². The average Bonchev–Trinajstić information content (AvgIpc) is 2.87. The van der Waals surface area contributed by atoms with Gasteiger partial charge in [-0.05, 0) is 11.8 Å². The summed E-state index contributed by atoms with van der Waals surface area (Å²) in [6.45, 7) is 5.85. The van der Waals surface area contributed by atoms with Crippen molar-refractivity contribution in [3.05, 3.63) is 0 Å². The van der Waals surface area contributed by atoms with Crippen LogP contribution >= 0.6 is 0 Å². The van der Waals surface area contributed by atoms with Crippen molar-refractivity contribution in [2.45, 2.75) is 26.7 Å². The van der Waals surface area contributed by atoms with Crippen molar-refractivity contribution in [3.8, 4) is 6.07 Å². The maximum absolute atomic E-state index is 12.1. The fraction of sp³-hybridized carbons (Fsp3) is 0.833. The van der Waals surface area contributed by atoms with E-state index in [0.717, 1.165) is 6.42 Å². The van der Waals surface area contributed by atoms with Gasteiger partial charge in [0.2, 0.25) is 5.91 Å². The molecule has 1 aliphatic rings. The molecular formula is C12H20N2O2. The Morgan fingerprint density at radius 2 is 2.19 bits per heavy atom. The van der Waals surface area contributed by atoms with Gasteiger partial charge in [0.1, 0.15) is 0 Å². The van der Waals surface area contributed by atoms with Crippen molar-refractivity contribution in [3.63, 3.8) is 0 Å². The second-order valence-electron chi connectivity index (χ2n) is 4.97. The van der Waals surface area contributed by atoms with Crippen LogP contribution in [-0.2, 0) is 9.53 Å². The molecule has 1 atom stereocenters. The van der Waals surface area contributed by atoms with Gasteiger partial charge in [0, 0.05) is 26.1 Å². The van der Waals surface area contributed by atoms with E-state index in [9.17, 15) is 4.79 Å². The summed E-state index contributed by atoms with van der Waals surface area (Å²) >= 11 is 0. The Balaban J connectivity index is 2.48. The van der Waals surface area contributed by atoms with Crippen LogP contribution in [0.15, 0.2) is 0 Å². The van der Waals surface area contributed by atoms with Crippen LogP contribution in [0.3, 0.4) is 0 Å². The lowest BCUT2D eigenvalue weighted by Gasteiger charge is -2.22. The lowest BCUT2D eigenvalue weighted by molar-refractivity contribution is -0.133. The van der Waals surface area contributed by atoms with Crippen LogP contribution in [0.2, 0.25) is 0 Å². The Bertz CT molecular complexity index is 294. The van der Waals surface area contributed by atoms with Gasteiger partial charge in [0.15, 0.2) is 0 Å². The first kappa shape index (κ1) is 13.0. The molecule has 90 valence electrons. The molecule has 0 heterocycles. The van der Waals surface area contributed by atoms with Gasteiger partial charge in [-0.2, -0.15) is 5.26 Å². The summed E-state index contributed by atoms with van der Waals surface area (Å²) in [4.78, 5) is 13.8. The van der Waals surface area contributed by atoms with E-state index in [1.54, 1.807) is 12.0 Å². The van der Waals surface area contributed by atoms with E-state index in [-0.39, 0.29) is 17.2 Å². The molecule has 1 aliphatic carbocycles. The summed E-state index contributed by atoms with van der Waals surface area (Å²) < 4.78 is 4.98. The van der Waals surface area contributed by atoms with Gasteiger partial charge >= 0.3 is 0 Å². The Morgan fingerprint density at radius 3 is 2.62 bits per heavy atom. The van der Waals surface area contributed by atoms with Crippen LogP contribution in [0.25, 0.3) is 0 Å². The molecule has 1 rings (SSSR count). The van der Waals surface area contributed by atoms with Gasteiger partial charge in [0.25, 0.3) is 0 Å². The van der Waals surface area contributed by atoms with Crippen molar-refractivity contribution < 1.29 is 9.53 Å². The monoisotopic (exact) mass is 224 g/mol. The van der Waals surface area contributed by atoms with Crippen molar-refractivity contribution in [2.75, 3.05) is 26.8 Å². The Hall–Kier alpha value is -1.08. The minimum atomic E-state index is 0.142. The highest BCUT2D eigenvalue weighted by Gasteiger charge is 2.51. The lowest BCUT2D eigenvalue weighted by atomic mass is 10.1. The number of ether oxygens (including phenoxy) is 1. The van der Waals surface area contributed by atoms with E-state index >= 15 is 0 Å². The fourth-order valence-electron chi connectivity index (χ4n) is 1.83. The normalized spacial score (nSPS) is 21.2. The maximum atomic E-state index is 12.1. The van der Waals surface area contributed by atoms with Crippen LogP contribution in [0, 0.1) is 22.7 Å². The number of carbonyl (C=O) groups excluding carboxylic acids is 1. The quantitative estimate of drug-likeness (QED) is 0.685. The molecule has 1 unspecified atom stereocenters. The molecule has 4 heteroatoms. The summed E-state index contributed by atoms with van der Waals surface area (Å²) in [5, 5.41) is 8.56. The molecule has 1 saturated carbocycles. The minimum absolute atomic E-state index is 0.142. The average molecular weight is 224 g/mol. The smallest absolute Gasteiger partial charge is 0.226 e. The highest BCUT2D eigenvalue weighted by atomic mass is 16.5. The van der Waals surface area contributed by atoms with Crippen LogP contribution in [0.1, 0.15) is 26.7 Å². The SMILES string of the molecule is COCCN(CCC#N)C(=O)C1CC1(C)C. The molecule has 0 bridgehead atoms. The number of hydrogen-bond acceptors (Lipinski definition) is 3. The third-order valence-corrected chi connectivity index (χ3v) is 3.18. The Labute approximate surface area is 97.2 Å². The van der Waals surface area contributed by atoms with Crippen molar-refractivity contribution in [1.82, 2.24) is 4.90 Å². The summed E-state index contributed by atoms with van der Waals surface area (Å²) in [6.07, 6.45) is 1.35. The number of nitriles is 1. The molecule has 0 saturated heterocycles. The number of rotatable bonds is 6. The van der Waals surface area contributed by atoms with E-state index in [4.69, 9.17) is 10.00 Å². The largest absolute Gasteiger partial charge is 0.383 e. The van der Waals surface area contributed by atoms with E-state index < -0.39 is 0 Å². The van der Waals surface area contributed by atoms with Gasteiger partial charge in [-0.1, -0.05) is 13.8 Å². The van der Waals surface area contributed by atoms with E-state index in [1.165, 1.54) is 0 Å². The lowest BCUT2D eigenvalue weighted by Crippen LogP contribution is -2.36. The summed E-state index contributed by atoms with van der Waals surface area (Å²) in [5.74, 6) is 0.320. The second-order valence-corrected chi connectivity index (χ2v) is 4.97. The second kappa shape index (κ2) is 5.31. The Morgan fingerprint density at radius 1 is 1.56 bits per heavy atom. The summed E-state index contributed by atoms with van der Waals surface area (Å²) in [6, 6.07) is 2.07. The highest BCUT2D eigenvalue weighted by molar-refractivity contribution is 5.82. The molecular weight excluding hydrogens is 204 g/mol. The highest BCUT2D eigenvalue weighted by Crippen LogP contribution is 2.52. The molecule has 0 aromatic heterocycles. The summed E-state index contributed by atoms with van der Waals surface area (Å²) in [7, 11) is 1.62. The molecule has 0 N–H and O–H groups in total. The zero-order valence-corrected chi connectivity index (χ0v) is 10.3. The Kier molecular flexibility index (Phi) is 4.31. The van der Waals surface area contributed by atoms with E-state index in [0.29, 0.717) is 26.1 Å². The minimum Gasteiger partial charge on any atom is -0.383 e. The first-order chi connectivity index (χ1) is 7.53. The first-order valence-electron chi connectivity index (χ1n) is 5.67. The van der Waals surface area contributed by atoms with Crippen molar-refractivity contribution in [2.24, 2.45) is 11.3 Å². The van der Waals surface area contributed by atoms with Crippen LogP contribution < -0.4 is 0 Å². The van der Waals surface area contributed by atoms with Crippen molar-refractivity contribution >= 4 is 5.91 Å². The van der Waals surface area contributed by atoms with Crippen molar-refractivity contribution in [1.29, 1.82) is 5.26 Å². The van der Waals surface area contributed by atoms with Crippen LogP contribution in [0.5, 0.6) is 0 Å². The molecule has 1 fully saturated rings. The fourth-order valence-corrected chi connectivity index (χ4v) is 1.83. The zero-order chi connectivity index (χ0) is 12.2. The predicted molar refractivity (Wildman–Crippen MR) is 60.6 cm³/mol. The number of methoxy groups -OCH3 is 1. The molecule has 16 heavy (non-hydrogen) atoms. The third kappa shape index (κ3) is 3.21. The number of nitrogens with zero attached hydrogens (tertiary/aromatic N) is 2. The predicted octanol–water partition coefficient (Wildman–Crippen LogP) is 1.42. The third-order valence-electron chi connectivity index (χ3n) is 3.18. The molecule has 0 aromatic rings. The van der Waals surface area contributed by atoms with Crippen LogP contribution in [-0.4, -0.2) is 37.6 Å². The first-order valence-corrected chi connectivity index (χ1v) is 5.67. The topological polar surface area (TPSA) is 53.3 Å². The van der Waals surface area contributed by atoms with Gasteiger partial charge in [0.05, 0.1) is 19.1 Å². The molecule has 0 spiro atoms. The zero-order valence-electron chi connectivity index (χ0n) is 10.3.